The molecule has 116 valence electrons. The summed E-state index contributed by atoms with van der Waals surface area (Å²) < 4.78 is 0. The van der Waals surface area contributed by atoms with E-state index >= 15 is 0 Å². The summed E-state index contributed by atoms with van der Waals surface area (Å²) in [6, 6.07) is 0.929. The summed E-state index contributed by atoms with van der Waals surface area (Å²) in [5.41, 5.74) is 4.98. The molecule has 2 saturated heterocycles. The number of likely N-dealkylation sites (tertiary alicyclic amines) is 2. The number of nitrogens with one attached hydrogen (secondary N) is 1. The third-order valence-electron chi connectivity index (χ3n) is 4.60. The van der Waals surface area contributed by atoms with Crippen molar-refractivity contribution < 1.29 is 4.79 Å². The zero-order valence-corrected chi connectivity index (χ0v) is 13.2. The molecule has 0 aliphatic carbocycles. The van der Waals surface area contributed by atoms with Gasteiger partial charge in [0.25, 0.3) is 0 Å². The summed E-state index contributed by atoms with van der Waals surface area (Å²) in [6.07, 6.45) is 3.89. The Labute approximate surface area is 122 Å². The van der Waals surface area contributed by atoms with Crippen LogP contribution in [-0.4, -0.2) is 66.1 Å². The lowest BCUT2D eigenvalue weighted by atomic mass is 9.99. The number of hydrogen-bond acceptors (Lipinski definition) is 4. The van der Waals surface area contributed by atoms with Crippen LogP contribution in [0.15, 0.2) is 0 Å². The second kappa shape index (κ2) is 6.41. The highest BCUT2D eigenvalue weighted by molar-refractivity contribution is 5.84. The Morgan fingerprint density at radius 2 is 2.00 bits per heavy atom. The number of carbonyl (C=O) groups is 1. The summed E-state index contributed by atoms with van der Waals surface area (Å²) in [4.78, 5) is 16.8. The highest BCUT2D eigenvalue weighted by Crippen LogP contribution is 2.22. The second-order valence-corrected chi connectivity index (χ2v) is 6.92. The van der Waals surface area contributed by atoms with Gasteiger partial charge in [0.05, 0.1) is 0 Å². The summed E-state index contributed by atoms with van der Waals surface area (Å²) in [5, 5.41) is 3.34. The molecule has 2 fully saturated rings. The Morgan fingerprint density at radius 1 is 1.35 bits per heavy atom. The van der Waals surface area contributed by atoms with E-state index in [1.165, 1.54) is 32.4 Å². The van der Waals surface area contributed by atoms with Crippen molar-refractivity contribution in [3.05, 3.63) is 0 Å². The second-order valence-electron chi connectivity index (χ2n) is 6.92. The van der Waals surface area contributed by atoms with Crippen molar-refractivity contribution in [3.63, 3.8) is 0 Å². The lowest BCUT2D eigenvalue weighted by Gasteiger charge is -2.34. The van der Waals surface area contributed by atoms with Crippen LogP contribution in [0.3, 0.4) is 0 Å². The van der Waals surface area contributed by atoms with Crippen molar-refractivity contribution in [1.82, 2.24) is 15.1 Å². The fraction of sp³-hybridized carbons (Fsp3) is 0.933. The standard InChI is InChI=1S/C15H30N4O/c1-12(2)17-15(3,14(16)20)11-18-9-6-13(10-18)19-7-4-5-8-19/h12-13,17H,4-11H2,1-3H3,(H2,16,20). The maximum atomic E-state index is 11.8. The van der Waals surface area contributed by atoms with Gasteiger partial charge in [-0.05, 0) is 59.7 Å². The first-order chi connectivity index (χ1) is 9.40. The van der Waals surface area contributed by atoms with E-state index in [0.717, 1.165) is 13.1 Å². The van der Waals surface area contributed by atoms with Gasteiger partial charge in [0, 0.05) is 25.2 Å². The zero-order valence-electron chi connectivity index (χ0n) is 13.2. The zero-order chi connectivity index (χ0) is 14.8. The molecule has 0 spiro atoms. The van der Waals surface area contributed by atoms with Crippen LogP contribution < -0.4 is 11.1 Å². The Kier molecular flexibility index (Phi) is 5.04. The van der Waals surface area contributed by atoms with Crippen LogP contribution in [0.25, 0.3) is 0 Å². The van der Waals surface area contributed by atoms with E-state index in [9.17, 15) is 4.79 Å². The molecule has 2 atom stereocenters. The molecule has 0 aromatic rings. The van der Waals surface area contributed by atoms with Gasteiger partial charge in [0.2, 0.25) is 5.91 Å². The monoisotopic (exact) mass is 282 g/mol. The van der Waals surface area contributed by atoms with Crippen molar-refractivity contribution in [1.29, 1.82) is 0 Å². The van der Waals surface area contributed by atoms with E-state index in [1.54, 1.807) is 0 Å². The van der Waals surface area contributed by atoms with E-state index in [4.69, 9.17) is 5.73 Å². The number of nitrogens with zero attached hydrogens (tertiary/aromatic N) is 2. The SMILES string of the molecule is CC(C)NC(C)(CN1CCC(N2CCCC2)C1)C(N)=O. The number of amides is 1. The lowest BCUT2D eigenvalue weighted by molar-refractivity contribution is -0.124. The Morgan fingerprint density at radius 3 is 2.55 bits per heavy atom. The molecule has 2 aliphatic heterocycles. The van der Waals surface area contributed by atoms with Crippen molar-refractivity contribution in [2.45, 2.75) is 57.7 Å². The maximum Gasteiger partial charge on any atom is 0.238 e. The predicted octanol–water partition coefficient (Wildman–Crippen LogP) is 0.399. The van der Waals surface area contributed by atoms with Gasteiger partial charge in [-0.2, -0.15) is 0 Å². The van der Waals surface area contributed by atoms with Crippen LogP contribution in [0.1, 0.15) is 40.0 Å². The smallest absolute Gasteiger partial charge is 0.238 e. The van der Waals surface area contributed by atoms with Crippen LogP contribution in [-0.2, 0) is 4.79 Å². The highest BCUT2D eigenvalue weighted by Gasteiger charge is 2.37. The number of carbonyl (C=O) groups excluding carboxylic acids is 1. The average Bonchev–Trinajstić information content (AvgIpc) is 2.96. The summed E-state index contributed by atoms with van der Waals surface area (Å²) in [7, 11) is 0. The first kappa shape index (κ1) is 15.7. The van der Waals surface area contributed by atoms with Gasteiger partial charge in [-0.15, -0.1) is 0 Å². The largest absolute Gasteiger partial charge is 0.368 e. The minimum Gasteiger partial charge on any atom is -0.368 e. The molecule has 1 amide bonds. The Bertz CT molecular complexity index is 341. The molecule has 2 heterocycles. The lowest BCUT2D eigenvalue weighted by Crippen LogP contribution is -2.61. The molecular formula is C15H30N4O. The molecular weight excluding hydrogens is 252 g/mol. The summed E-state index contributed by atoms with van der Waals surface area (Å²) >= 11 is 0. The number of rotatable bonds is 6. The van der Waals surface area contributed by atoms with E-state index in [-0.39, 0.29) is 11.9 Å². The molecule has 3 N–H and O–H groups in total. The molecule has 20 heavy (non-hydrogen) atoms. The first-order valence-electron chi connectivity index (χ1n) is 7.95. The van der Waals surface area contributed by atoms with E-state index in [1.807, 2.05) is 6.92 Å². The minimum absolute atomic E-state index is 0.254. The van der Waals surface area contributed by atoms with Gasteiger partial charge >= 0.3 is 0 Å². The molecule has 2 aliphatic rings. The molecule has 2 rings (SSSR count). The van der Waals surface area contributed by atoms with Gasteiger partial charge in [-0.25, -0.2) is 0 Å². The topological polar surface area (TPSA) is 61.6 Å². The van der Waals surface area contributed by atoms with Crippen molar-refractivity contribution >= 4 is 5.91 Å². The van der Waals surface area contributed by atoms with Gasteiger partial charge in [-0.1, -0.05) is 0 Å². The molecule has 5 heteroatoms. The normalized spacial score (nSPS) is 28.1. The van der Waals surface area contributed by atoms with Crippen LogP contribution in [0.2, 0.25) is 0 Å². The van der Waals surface area contributed by atoms with Gasteiger partial charge in [-0.3, -0.25) is 14.6 Å². The van der Waals surface area contributed by atoms with E-state index < -0.39 is 5.54 Å². The Hall–Kier alpha value is -0.650. The number of nitrogens with two attached hydrogens (primary N) is 1. The van der Waals surface area contributed by atoms with E-state index in [0.29, 0.717) is 12.6 Å². The predicted molar refractivity (Wildman–Crippen MR) is 81.5 cm³/mol. The van der Waals surface area contributed by atoms with Crippen LogP contribution in [0, 0.1) is 0 Å². The summed E-state index contributed by atoms with van der Waals surface area (Å²) in [6.45, 7) is 11.4. The van der Waals surface area contributed by atoms with E-state index in [2.05, 4.69) is 29.0 Å². The van der Waals surface area contributed by atoms with Crippen LogP contribution in [0.5, 0.6) is 0 Å². The van der Waals surface area contributed by atoms with Crippen molar-refractivity contribution in [2.75, 3.05) is 32.7 Å². The third-order valence-corrected chi connectivity index (χ3v) is 4.60. The van der Waals surface area contributed by atoms with Crippen LogP contribution >= 0.6 is 0 Å². The van der Waals surface area contributed by atoms with Gasteiger partial charge in [0.1, 0.15) is 5.54 Å². The third kappa shape index (κ3) is 3.71. The molecule has 0 bridgehead atoms. The molecule has 0 saturated carbocycles. The number of hydrogen-bond donors (Lipinski definition) is 2. The summed E-state index contributed by atoms with van der Waals surface area (Å²) in [5.74, 6) is -0.254. The molecule has 0 aromatic carbocycles. The fourth-order valence-corrected chi connectivity index (χ4v) is 3.64. The quantitative estimate of drug-likeness (QED) is 0.740. The maximum absolute atomic E-state index is 11.8. The van der Waals surface area contributed by atoms with Crippen molar-refractivity contribution in [3.8, 4) is 0 Å². The molecule has 0 radical (unpaired) electrons. The number of primary amides is 1. The van der Waals surface area contributed by atoms with Gasteiger partial charge in [0.15, 0.2) is 0 Å². The molecule has 0 aromatic heterocycles. The molecule has 2 unspecified atom stereocenters. The first-order valence-corrected chi connectivity index (χ1v) is 7.95. The Balaban J connectivity index is 1.90. The minimum atomic E-state index is -0.631. The van der Waals surface area contributed by atoms with Gasteiger partial charge < -0.3 is 11.1 Å². The highest BCUT2D eigenvalue weighted by atomic mass is 16.1. The molecule has 5 nitrogen and oxygen atoms in total. The van der Waals surface area contributed by atoms with Crippen LogP contribution in [0.4, 0.5) is 0 Å². The fourth-order valence-electron chi connectivity index (χ4n) is 3.64. The van der Waals surface area contributed by atoms with Crippen molar-refractivity contribution in [2.24, 2.45) is 5.73 Å². The average molecular weight is 282 g/mol.